The third kappa shape index (κ3) is 2.77. The molecule has 0 bridgehead atoms. The monoisotopic (exact) mass is 350 g/mol. The molecule has 2 aliphatic heterocycles. The number of amidine groups is 1. The molecule has 0 spiro atoms. The molecule has 2 aliphatic rings. The molecular formula is C16H15ClN2O3S. The molecule has 1 atom stereocenters. The molecule has 0 N–H and O–H groups in total. The number of halogens is 1. The maximum atomic E-state index is 12.5. The van der Waals surface area contributed by atoms with Gasteiger partial charge in [0.15, 0.2) is 5.17 Å². The molecule has 0 aliphatic carbocycles. The normalized spacial score (nSPS) is 20.5. The van der Waals surface area contributed by atoms with Crippen LogP contribution in [0.1, 0.15) is 25.5 Å². The number of hydrogen-bond acceptors (Lipinski definition) is 5. The Labute approximate surface area is 143 Å². The van der Waals surface area contributed by atoms with Crippen molar-refractivity contribution in [3.05, 3.63) is 46.1 Å². The predicted octanol–water partition coefficient (Wildman–Crippen LogP) is 3.16. The molecule has 1 saturated heterocycles. The Morgan fingerprint density at radius 2 is 2.22 bits per heavy atom. The van der Waals surface area contributed by atoms with Crippen LogP contribution in [0.4, 0.5) is 0 Å². The van der Waals surface area contributed by atoms with Gasteiger partial charge in [-0.2, -0.15) is 0 Å². The smallest absolute Gasteiger partial charge is 0.338 e. The molecule has 1 unspecified atom stereocenters. The summed E-state index contributed by atoms with van der Waals surface area (Å²) in [5.41, 5.74) is 1.61. The number of allylic oxidation sites excluding steroid dienone is 1. The zero-order valence-electron chi connectivity index (χ0n) is 12.7. The molecule has 1 fully saturated rings. The van der Waals surface area contributed by atoms with Gasteiger partial charge < -0.3 is 4.74 Å². The van der Waals surface area contributed by atoms with Gasteiger partial charge in [0, 0.05) is 5.02 Å². The Morgan fingerprint density at radius 1 is 1.48 bits per heavy atom. The van der Waals surface area contributed by atoms with Gasteiger partial charge in [-0.15, -0.1) is 0 Å². The fourth-order valence-electron chi connectivity index (χ4n) is 2.70. The quantitative estimate of drug-likeness (QED) is 0.786. The van der Waals surface area contributed by atoms with Gasteiger partial charge in [0.05, 0.1) is 29.7 Å². The van der Waals surface area contributed by atoms with Gasteiger partial charge in [-0.1, -0.05) is 41.6 Å². The molecule has 0 radical (unpaired) electrons. The van der Waals surface area contributed by atoms with E-state index in [1.807, 2.05) is 18.2 Å². The van der Waals surface area contributed by atoms with Gasteiger partial charge in [0.1, 0.15) is 0 Å². The molecule has 1 aromatic rings. The number of thioether (sulfide) groups is 1. The third-order valence-electron chi connectivity index (χ3n) is 3.68. The number of ether oxygens (including phenoxy) is 1. The van der Waals surface area contributed by atoms with E-state index in [1.54, 1.807) is 24.8 Å². The number of carbonyl (C=O) groups is 2. The Bertz CT molecular complexity index is 745. The van der Waals surface area contributed by atoms with Crippen LogP contribution in [-0.2, 0) is 14.3 Å². The molecule has 0 aromatic heterocycles. The summed E-state index contributed by atoms with van der Waals surface area (Å²) in [5, 5.41) is 1.10. The summed E-state index contributed by atoms with van der Waals surface area (Å²) in [6.45, 7) is 3.75. The summed E-state index contributed by atoms with van der Waals surface area (Å²) in [6, 6.07) is 6.61. The maximum Gasteiger partial charge on any atom is 0.338 e. The number of hydrogen-bond donors (Lipinski definition) is 0. The number of fused-ring (bicyclic) bond motifs is 1. The first-order chi connectivity index (χ1) is 11.0. The van der Waals surface area contributed by atoms with E-state index < -0.39 is 12.0 Å². The van der Waals surface area contributed by atoms with Gasteiger partial charge in [0.2, 0.25) is 5.91 Å². The minimum absolute atomic E-state index is 0.0898. The Hall–Kier alpha value is -1.79. The van der Waals surface area contributed by atoms with Crippen molar-refractivity contribution in [1.82, 2.24) is 4.90 Å². The van der Waals surface area contributed by atoms with Crippen LogP contribution in [0.5, 0.6) is 0 Å². The van der Waals surface area contributed by atoms with E-state index in [9.17, 15) is 9.59 Å². The van der Waals surface area contributed by atoms with Crippen LogP contribution in [0.2, 0.25) is 5.02 Å². The van der Waals surface area contributed by atoms with E-state index in [0.717, 1.165) is 0 Å². The molecule has 23 heavy (non-hydrogen) atoms. The van der Waals surface area contributed by atoms with Crippen molar-refractivity contribution < 1.29 is 14.3 Å². The van der Waals surface area contributed by atoms with Crippen LogP contribution in [0.25, 0.3) is 0 Å². The Morgan fingerprint density at radius 3 is 2.91 bits per heavy atom. The Balaban J connectivity index is 2.17. The summed E-state index contributed by atoms with van der Waals surface area (Å²) in [7, 11) is 0. The zero-order valence-corrected chi connectivity index (χ0v) is 14.3. The molecule has 120 valence electrons. The summed E-state index contributed by atoms with van der Waals surface area (Å²) in [6.07, 6.45) is 0. The zero-order chi connectivity index (χ0) is 16.6. The lowest BCUT2D eigenvalue weighted by Gasteiger charge is -2.33. The van der Waals surface area contributed by atoms with Crippen molar-refractivity contribution in [2.75, 3.05) is 12.4 Å². The average molecular weight is 351 g/mol. The molecular weight excluding hydrogens is 336 g/mol. The number of rotatable bonds is 3. The topological polar surface area (TPSA) is 59.0 Å². The average Bonchev–Trinajstić information content (AvgIpc) is 2.87. The van der Waals surface area contributed by atoms with Crippen LogP contribution in [-0.4, -0.2) is 34.3 Å². The van der Waals surface area contributed by atoms with Crippen molar-refractivity contribution in [3.63, 3.8) is 0 Å². The third-order valence-corrected chi connectivity index (χ3v) is 4.96. The summed E-state index contributed by atoms with van der Waals surface area (Å²) in [5.74, 6) is -0.251. The molecule has 7 heteroatoms. The van der Waals surface area contributed by atoms with Crippen LogP contribution in [0, 0.1) is 0 Å². The lowest BCUT2D eigenvalue weighted by Crippen LogP contribution is -2.39. The number of amides is 1. The van der Waals surface area contributed by atoms with E-state index in [0.29, 0.717) is 32.8 Å². The van der Waals surface area contributed by atoms with Crippen molar-refractivity contribution in [1.29, 1.82) is 0 Å². The molecule has 3 rings (SSSR count). The minimum Gasteiger partial charge on any atom is -0.463 e. The number of benzene rings is 1. The van der Waals surface area contributed by atoms with Crippen molar-refractivity contribution >= 4 is 40.4 Å². The van der Waals surface area contributed by atoms with Gasteiger partial charge >= 0.3 is 5.97 Å². The van der Waals surface area contributed by atoms with Gasteiger partial charge in [0.25, 0.3) is 0 Å². The summed E-state index contributed by atoms with van der Waals surface area (Å²) in [4.78, 5) is 30.8. The highest BCUT2D eigenvalue weighted by atomic mass is 35.5. The fourth-order valence-corrected chi connectivity index (χ4v) is 3.88. The van der Waals surface area contributed by atoms with E-state index >= 15 is 0 Å². The number of aliphatic imine (C=N–C) groups is 1. The van der Waals surface area contributed by atoms with Crippen LogP contribution >= 0.6 is 23.4 Å². The molecule has 0 saturated carbocycles. The maximum absolute atomic E-state index is 12.5. The first kappa shape index (κ1) is 16.1. The second kappa shape index (κ2) is 6.37. The fraction of sp³-hybridized carbons (Fsp3) is 0.312. The summed E-state index contributed by atoms with van der Waals surface area (Å²) < 4.78 is 5.17. The first-order valence-electron chi connectivity index (χ1n) is 7.20. The van der Waals surface area contributed by atoms with E-state index in [1.165, 1.54) is 11.8 Å². The molecule has 2 heterocycles. The Kier molecular flexibility index (Phi) is 4.46. The second-order valence-corrected chi connectivity index (χ2v) is 6.44. The van der Waals surface area contributed by atoms with Crippen LogP contribution < -0.4 is 0 Å². The van der Waals surface area contributed by atoms with Crippen LogP contribution in [0.3, 0.4) is 0 Å². The summed E-state index contributed by atoms with van der Waals surface area (Å²) >= 11 is 7.70. The SMILES string of the molecule is CCOC(=O)C1=C(C)N=C2SCC(=O)N2C1c1ccccc1Cl. The largest absolute Gasteiger partial charge is 0.463 e. The highest BCUT2D eigenvalue weighted by molar-refractivity contribution is 8.15. The first-order valence-corrected chi connectivity index (χ1v) is 8.56. The molecule has 1 aromatic carbocycles. The lowest BCUT2D eigenvalue weighted by atomic mass is 9.94. The van der Waals surface area contributed by atoms with E-state index in [2.05, 4.69) is 4.99 Å². The van der Waals surface area contributed by atoms with Crippen molar-refractivity contribution in [2.24, 2.45) is 4.99 Å². The molecule has 5 nitrogen and oxygen atoms in total. The van der Waals surface area contributed by atoms with Gasteiger partial charge in [-0.05, 0) is 25.5 Å². The number of nitrogens with zero attached hydrogens (tertiary/aromatic N) is 2. The van der Waals surface area contributed by atoms with E-state index in [-0.39, 0.29) is 12.5 Å². The minimum atomic E-state index is -0.599. The van der Waals surface area contributed by atoms with Gasteiger partial charge in [-0.3, -0.25) is 9.69 Å². The highest BCUT2D eigenvalue weighted by Gasteiger charge is 2.43. The van der Waals surface area contributed by atoms with Gasteiger partial charge in [-0.25, -0.2) is 9.79 Å². The van der Waals surface area contributed by atoms with Crippen molar-refractivity contribution in [2.45, 2.75) is 19.9 Å². The predicted molar refractivity (Wildman–Crippen MR) is 90.3 cm³/mol. The lowest BCUT2D eigenvalue weighted by molar-refractivity contribution is -0.139. The van der Waals surface area contributed by atoms with Crippen molar-refractivity contribution in [3.8, 4) is 0 Å². The number of carbonyl (C=O) groups excluding carboxylic acids is 2. The van der Waals surface area contributed by atoms with E-state index in [4.69, 9.17) is 16.3 Å². The molecule has 1 amide bonds. The highest BCUT2D eigenvalue weighted by Crippen LogP contribution is 2.42. The van der Waals surface area contributed by atoms with Crippen LogP contribution in [0.15, 0.2) is 40.5 Å². The standard InChI is InChI=1S/C16H15ClN2O3S/c1-3-22-15(21)13-9(2)18-16-19(12(20)8-23-16)14(13)10-6-4-5-7-11(10)17/h4-7,14H,3,8H2,1-2H3. The number of esters is 1. The second-order valence-electron chi connectivity index (χ2n) is 5.09.